The molecule has 0 bridgehead atoms. The van der Waals surface area contributed by atoms with Crippen molar-refractivity contribution >= 4 is 0 Å². The SMILES string of the molecule is CCC(C)(CO)NCC(O)COc1ccccc1F. The Hall–Kier alpha value is -1.17. The van der Waals surface area contributed by atoms with Gasteiger partial charge < -0.3 is 20.3 Å². The molecule has 2 unspecified atom stereocenters. The second-order valence-corrected chi connectivity index (χ2v) is 4.85. The van der Waals surface area contributed by atoms with Crippen LogP contribution in [0, 0.1) is 5.82 Å². The molecule has 1 aromatic carbocycles. The summed E-state index contributed by atoms with van der Waals surface area (Å²) in [6, 6.07) is 6.07. The summed E-state index contributed by atoms with van der Waals surface area (Å²) >= 11 is 0. The van der Waals surface area contributed by atoms with Crippen molar-refractivity contribution in [3.63, 3.8) is 0 Å². The zero-order valence-corrected chi connectivity index (χ0v) is 11.4. The largest absolute Gasteiger partial charge is 0.488 e. The van der Waals surface area contributed by atoms with Crippen LogP contribution in [0.2, 0.25) is 0 Å². The lowest BCUT2D eigenvalue weighted by Crippen LogP contribution is -2.49. The molecule has 0 heterocycles. The Bertz CT molecular complexity index is 383. The van der Waals surface area contributed by atoms with Gasteiger partial charge in [0.05, 0.1) is 6.61 Å². The first kappa shape index (κ1) is 15.9. The fourth-order valence-corrected chi connectivity index (χ4v) is 1.46. The first-order valence-corrected chi connectivity index (χ1v) is 6.42. The molecule has 0 aliphatic heterocycles. The Kier molecular flexibility index (Phi) is 6.21. The quantitative estimate of drug-likeness (QED) is 0.667. The summed E-state index contributed by atoms with van der Waals surface area (Å²) in [6.45, 7) is 4.09. The molecule has 0 aliphatic rings. The zero-order chi connectivity index (χ0) is 14.3. The average molecular weight is 271 g/mol. The van der Waals surface area contributed by atoms with Gasteiger partial charge in [-0.3, -0.25) is 0 Å². The zero-order valence-electron chi connectivity index (χ0n) is 11.4. The third kappa shape index (κ3) is 5.14. The van der Waals surface area contributed by atoms with Crippen LogP contribution in [-0.4, -0.2) is 41.6 Å². The molecule has 1 rings (SSSR count). The van der Waals surface area contributed by atoms with Crippen molar-refractivity contribution in [2.24, 2.45) is 0 Å². The van der Waals surface area contributed by atoms with Crippen molar-refractivity contribution in [1.29, 1.82) is 0 Å². The van der Waals surface area contributed by atoms with Crippen molar-refractivity contribution in [2.45, 2.75) is 31.9 Å². The highest BCUT2D eigenvalue weighted by molar-refractivity contribution is 5.23. The number of benzene rings is 1. The Morgan fingerprint density at radius 1 is 1.42 bits per heavy atom. The smallest absolute Gasteiger partial charge is 0.165 e. The van der Waals surface area contributed by atoms with Crippen molar-refractivity contribution in [2.75, 3.05) is 19.8 Å². The number of β-amino-alcohol motifs (C(OH)–C–C–N with tert-alkyl or cyclic N) is 1. The maximum atomic E-state index is 13.3. The van der Waals surface area contributed by atoms with Gasteiger partial charge in [0.1, 0.15) is 12.7 Å². The molecule has 108 valence electrons. The summed E-state index contributed by atoms with van der Waals surface area (Å²) in [6.07, 6.45) is -0.0262. The monoisotopic (exact) mass is 271 g/mol. The second-order valence-electron chi connectivity index (χ2n) is 4.85. The number of hydrogen-bond donors (Lipinski definition) is 3. The van der Waals surface area contributed by atoms with Crippen LogP contribution in [0.25, 0.3) is 0 Å². The van der Waals surface area contributed by atoms with Crippen LogP contribution in [0.5, 0.6) is 5.75 Å². The standard InChI is InChI=1S/C14H22FNO3/c1-3-14(2,10-17)16-8-11(18)9-19-13-7-5-4-6-12(13)15/h4-7,11,16-18H,3,8-10H2,1-2H3. The molecule has 0 saturated heterocycles. The molecule has 0 saturated carbocycles. The lowest BCUT2D eigenvalue weighted by Gasteiger charge is -2.28. The van der Waals surface area contributed by atoms with Crippen molar-refractivity contribution < 1.29 is 19.3 Å². The van der Waals surface area contributed by atoms with Crippen LogP contribution in [0.3, 0.4) is 0 Å². The number of ether oxygens (including phenoxy) is 1. The van der Waals surface area contributed by atoms with Gasteiger partial charge in [0.2, 0.25) is 0 Å². The molecular weight excluding hydrogens is 249 g/mol. The third-order valence-electron chi connectivity index (χ3n) is 3.16. The first-order valence-electron chi connectivity index (χ1n) is 6.42. The molecule has 0 aromatic heterocycles. The molecular formula is C14H22FNO3. The maximum absolute atomic E-state index is 13.3. The molecule has 0 aliphatic carbocycles. The van der Waals surface area contributed by atoms with Gasteiger partial charge in [-0.25, -0.2) is 4.39 Å². The van der Waals surface area contributed by atoms with E-state index in [1.54, 1.807) is 12.1 Å². The van der Waals surface area contributed by atoms with Crippen LogP contribution < -0.4 is 10.1 Å². The van der Waals surface area contributed by atoms with Gasteiger partial charge in [0, 0.05) is 12.1 Å². The summed E-state index contributed by atoms with van der Waals surface area (Å²) in [5.41, 5.74) is -0.418. The van der Waals surface area contributed by atoms with Gasteiger partial charge in [-0.15, -0.1) is 0 Å². The normalized spacial score (nSPS) is 15.8. The van der Waals surface area contributed by atoms with E-state index in [1.807, 2.05) is 13.8 Å². The summed E-state index contributed by atoms with van der Waals surface area (Å²) in [5, 5.41) is 22.1. The minimum atomic E-state index is -0.767. The van der Waals surface area contributed by atoms with E-state index >= 15 is 0 Å². The molecule has 3 N–H and O–H groups in total. The molecule has 0 amide bonds. The number of hydrogen-bond acceptors (Lipinski definition) is 4. The van der Waals surface area contributed by atoms with Gasteiger partial charge in [-0.2, -0.15) is 0 Å². The highest BCUT2D eigenvalue weighted by atomic mass is 19.1. The highest BCUT2D eigenvalue weighted by Gasteiger charge is 2.21. The molecule has 5 heteroatoms. The number of para-hydroxylation sites is 1. The lowest BCUT2D eigenvalue weighted by molar-refractivity contribution is 0.0851. The van der Waals surface area contributed by atoms with Crippen LogP contribution in [-0.2, 0) is 0 Å². The Morgan fingerprint density at radius 2 is 2.11 bits per heavy atom. The lowest BCUT2D eigenvalue weighted by atomic mass is 10.0. The van der Waals surface area contributed by atoms with Gasteiger partial charge >= 0.3 is 0 Å². The molecule has 1 aromatic rings. The summed E-state index contributed by atoms with van der Waals surface area (Å²) in [4.78, 5) is 0. The number of rotatable bonds is 8. The fraction of sp³-hybridized carbons (Fsp3) is 0.571. The predicted molar refractivity (Wildman–Crippen MR) is 71.7 cm³/mol. The van der Waals surface area contributed by atoms with Gasteiger partial charge in [-0.05, 0) is 25.5 Å². The summed E-state index contributed by atoms with van der Waals surface area (Å²) in [5.74, 6) is -0.321. The first-order chi connectivity index (χ1) is 9.00. The Labute approximate surface area is 113 Å². The Balaban J connectivity index is 2.36. The number of aliphatic hydroxyl groups excluding tert-OH is 2. The highest BCUT2D eigenvalue weighted by Crippen LogP contribution is 2.15. The van der Waals surface area contributed by atoms with Crippen molar-refractivity contribution in [3.05, 3.63) is 30.1 Å². The van der Waals surface area contributed by atoms with Crippen molar-refractivity contribution in [3.8, 4) is 5.75 Å². The summed E-state index contributed by atoms with van der Waals surface area (Å²) < 4.78 is 18.5. The van der Waals surface area contributed by atoms with Crippen LogP contribution >= 0.6 is 0 Å². The van der Waals surface area contributed by atoms with E-state index in [4.69, 9.17) is 4.74 Å². The molecule has 0 radical (unpaired) electrons. The van der Waals surface area contributed by atoms with Gasteiger partial charge in [0.25, 0.3) is 0 Å². The van der Waals surface area contributed by atoms with E-state index in [9.17, 15) is 14.6 Å². The van der Waals surface area contributed by atoms with E-state index in [2.05, 4.69) is 5.32 Å². The van der Waals surface area contributed by atoms with E-state index in [-0.39, 0.29) is 25.5 Å². The van der Waals surface area contributed by atoms with Crippen molar-refractivity contribution in [1.82, 2.24) is 5.32 Å². The topological polar surface area (TPSA) is 61.7 Å². The van der Waals surface area contributed by atoms with E-state index < -0.39 is 17.5 Å². The Morgan fingerprint density at radius 3 is 2.68 bits per heavy atom. The fourth-order valence-electron chi connectivity index (χ4n) is 1.46. The number of halogens is 1. The number of aliphatic hydroxyl groups is 2. The molecule has 0 spiro atoms. The predicted octanol–water partition coefficient (Wildman–Crippen LogP) is 1.32. The van der Waals surface area contributed by atoms with Gasteiger partial charge in [0.15, 0.2) is 11.6 Å². The van der Waals surface area contributed by atoms with Crippen LogP contribution in [0.4, 0.5) is 4.39 Å². The van der Waals surface area contributed by atoms with E-state index in [0.29, 0.717) is 0 Å². The molecule has 0 fully saturated rings. The minimum absolute atomic E-state index is 0.000837. The average Bonchev–Trinajstić information content (AvgIpc) is 2.44. The van der Waals surface area contributed by atoms with E-state index in [0.717, 1.165) is 6.42 Å². The molecule has 2 atom stereocenters. The van der Waals surface area contributed by atoms with E-state index in [1.165, 1.54) is 12.1 Å². The van der Waals surface area contributed by atoms with Crippen LogP contribution in [0.1, 0.15) is 20.3 Å². The maximum Gasteiger partial charge on any atom is 0.165 e. The summed E-state index contributed by atoms with van der Waals surface area (Å²) in [7, 11) is 0. The minimum Gasteiger partial charge on any atom is -0.488 e. The second kappa shape index (κ2) is 7.43. The number of nitrogens with one attached hydrogen (secondary N) is 1. The van der Waals surface area contributed by atoms with Crippen LogP contribution in [0.15, 0.2) is 24.3 Å². The molecule has 19 heavy (non-hydrogen) atoms. The molecule has 4 nitrogen and oxygen atoms in total. The third-order valence-corrected chi connectivity index (χ3v) is 3.16. The van der Waals surface area contributed by atoms with Gasteiger partial charge in [-0.1, -0.05) is 19.1 Å².